The zero-order chi connectivity index (χ0) is 18.4. The van der Waals surface area contributed by atoms with Gasteiger partial charge in [0.2, 0.25) is 0 Å². The Hall–Kier alpha value is -2.28. The molecule has 1 aromatic carbocycles. The summed E-state index contributed by atoms with van der Waals surface area (Å²) in [5.74, 6) is 0.835. The summed E-state index contributed by atoms with van der Waals surface area (Å²) < 4.78 is 6.16. The van der Waals surface area contributed by atoms with E-state index in [2.05, 4.69) is 55.1 Å². The molecule has 1 aromatic heterocycles. The second-order valence-corrected chi connectivity index (χ2v) is 7.29. The maximum atomic E-state index is 11.8. The van der Waals surface area contributed by atoms with E-state index in [1.807, 2.05) is 6.07 Å². The largest absolute Gasteiger partial charge is 0.459 e. The molecular formula is C19H23BrN4O2. The van der Waals surface area contributed by atoms with Gasteiger partial charge in [0.25, 0.3) is 5.91 Å². The van der Waals surface area contributed by atoms with Crippen LogP contribution in [0.3, 0.4) is 0 Å². The lowest BCUT2D eigenvalue weighted by Gasteiger charge is -2.19. The molecule has 7 heteroatoms. The molecule has 1 fully saturated rings. The highest BCUT2D eigenvalue weighted by Crippen LogP contribution is 2.48. The zero-order valence-electron chi connectivity index (χ0n) is 14.7. The van der Waals surface area contributed by atoms with Gasteiger partial charge in [0.1, 0.15) is 0 Å². The summed E-state index contributed by atoms with van der Waals surface area (Å²) in [5.41, 5.74) is 1.54. The number of aliphatic imine (C=N–C) groups is 1. The van der Waals surface area contributed by atoms with Crippen molar-refractivity contribution in [3.8, 4) is 0 Å². The molecule has 0 spiro atoms. The van der Waals surface area contributed by atoms with E-state index in [1.54, 1.807) is 19.2 Å². The molecule has 0 saturated heterocycles. The summed E-state index contributed by atoms with van der Waals surface area (Å²) >= 11 is 3.55. The van der Waals surface area contributed by atoms with E-state index in [0.717, 1.165) is 17.0 Å². The molecule has 138 valence electrons. The van der Waals surface area contributed by atoms with Gasteiger partial charge in [-0.2, -0.15) is 0 Å². The SMILES string of the molecule is CN=C(NCCNC(=O)c1ccco1)NCC1(c2cccc(Br)c2)CC1. The normalized spacial score (nSPS) is 15.4. The number of amides is 1. The predicted octanol–water partition coefficient (Wildman–Crippen LogP) is 2.67. The number of furan rings is 1. The van der Waals surface area contributed by atoms with Gasteiger partial charge in [-0.1, -0.05) is 28.1 Å². The average molecular weight is 419 g/mol. The van der Waals surface area contributed by atoms with Crippen molar-refractivity contribution in [3.05, 3.63) is 58.5 Å². The number of halogens is 1. The summed E-state index contributed by atoms with van der Waals surface area (Å²) in [5, 5.41) is 9.41. The van der Waals surface area contributed by atoms with Gasteiger partial charge in [-0.15, -0.1) is 0 Å². The smallest absolute Gasteiger partial charge is 0.287 e. The Morgan fingerprint density at radius 1 is 1.19 bits per heavy atom. The van der Waals surface area contributed by atoms with Crippen molar-refractivity contribution in [1.82, 2.24) is 16.0 Å². The molecule has 26 heavy (non-hydrogen) atoms. The molecule has 0 unspecified atom stereocenters. The maximum absolute atomic E-state index is 11.8. The van der Waals surface area contributed by atoms with Gasteiger partial charge in [0, 0.05) is 36.6 Å². The highest BCUT2D eigenvalue weighted by Gasteiger charge is 2.44. The number of guanidine groups is 1. The van der Waals surface area contributed by atoms with Crippen molar-refractivity contribution in [2.45, 2.75) is 18.3 Å². The Labute approximate surface area is 161 Å². The van der Waals surface area contributed by atoms with Crippen LogP contribution in [0.4, 0.5) is 0 Å². The summed E-state index contributed by atoms with van der Waals surface area (Å²) in [6.07, 6.45) is 3.83. The Kier molecular flexibility index (Phi) is 5.98. The molecule has 1 aliphatic carbocycles. The molecule has 0 aliphatic heterocycles. The lowest BCUT2D eigenvalue weighted by atomic mass is 9.96. The van der Waals surface area contributed by atoms with Gasteiger partial charge in [-0.25, -0.2) is 0 Å². The molecule has 1 heterocycles. The van der Waals surface area contributed by atoms with Gasteiger partial charge in [-0.3, -0.25) is 9.79 Å². The van der Waals surface area contributed by atoms with Crippen molar-refractivity contribution in [2.24, 2.45) is 4.99 Å². The van der Waals surface area contributed by atoms with Gasteiger partial charge < -0.3 is 20.4 Å². The number of benzene rings is 1. The van der Waals surface area contributed by atoms with Crippen molar-refractivity contribution in [2.75, 3.05) is 26.7 Å². The number of nitrogens with one attached hydrogen (secondary N) is 3. The van der Waals surface area contributed by atoms with E-state index in [0.29, 0.717) is 18.8 Å². The molecule has 0 atom stereocenters. The first-order chi connectivity index (χ1) is 12.6. The molecule has 1 saturated carbocycles. The lowest BCUT2D eigenvalue weighted by Crippen LogP contribution is -2.44. The van der Waals surface area contributed by atoms with Crippen LogP contribution in [0.2, 0.25) is 0 Å². The molecule has 6 nitrogen and oxygen atoms in total. The third-order valence-electron chi connectivity index (χ3n) is 4.56. The standard InChI is InChI=1S/C19H23BrN4O2/c1-21-18(23-10-9-22-17(25)16-6-3-11-26-16)24-13-19(7-8-19)14-4-2-5-15(20)12-14/h2-6,11-12H,7-10,13H2,1H3,(H,22,25)(H2,21,23,24). The van der Waals surface area contributed by atoms with Crippen molar-refractivity contribution < 1.29 is 9.21 Å². The van der Waals surface area contributed by atoms with Crippen LogP contribution in [0.1, 0.15) is 29.0 Å². The van der Waals surface area contributed by atoms with E-state index in [1.165, 1.54) is 24.7 Å². The molecule has 0 bridgehead atoms. The number of carbonyl (C=O) groups excluding carboxylic acids is 1. The quantitative estimate of drug-likeness (QED) is 0.366. The van der Waals surface area contributed by atoms with Crippen LogP contribution >= 0.6 is 15.9 Å². The predicted molar refractivity (Wildman–Crippen MR) is 105 cm³/mol. The molecule has 1 amide bonds. The molecule has 1 aliphatic rings. The van der Waals surface area contributed by atoms with Crippen LogP contribution in [0.25, 0.3) is 0 Å². The van der Waals surface area contributed by atoms with Crippen LogP contribution in [0, 0.1) is 0 Å². The minimum atomic E-state index is -0.216. The number of nitrogens with zero attached hydrogens (tertiary/aromatic N) is 1. The van der Waals surface area contributed by atoms with Crippen molar-refractivity contribution >= 4 is 27.8 Å². The van der Waals surface area contributed by atoms with Gasteiger partial charge in [0.05, 0.1) is 6.26 Å². The van der Waals surface area contributed by atoms with E-state index in [4.69, 9.17) is 4.42 Å². The van der Waals surface area contributed by atoms with Crippen LogP contribution in [-0.4, -0.2) is 38.5 Å². The highest BCUT2D eigenvalue weighted by atomic mass is 79.9. The van der Waals surface area contributed by atoms with Crippen LogP contribution in [0.5, 0.6) is 0 Å². The first-order valence-corrected chi connectivity index (χ1v) is 9.44. The summed E-state index contributed by atoms with van der Waals surface area (Å²) in [6, 6.07) is 11.8. The molecule has 0 radical (unpaired) electrons. The Bertz CT molecular complexity index is 770. The second-order valence-electron chi connectivity index (χ2n) is 6.38. The first kappa shape index (κ1) is 18.5. The summed E-state index contributed by atoms with van der Waals surface area (Å²) in [7, 11) is 1.75. The number of hydrogen-bond acceptors (Lipinski definition) is 3. The fourth-order valence-corrected chi connectivity index (χ4v) is 3.26. The van der Waals surface area contributed by atoms with Crippen molar-refractivity contribution in [3.63, 3.8) is 0 Å². The molecule has 3 rings (SSSR count). The van der Waals surface area contributed by atoms with Crippen LogP contribution in [-0.2, 0) is 5.41 Å². The molecule has 3 N–H and O–H groups in total. The van der Waals surface area contributed by atoms with E-state index >= 15 is 0 Å². The third-order valence-corrected chi connectivity index (χ3v) is 5.05. The summed E-state index contributed by atoms with van der Waals surface area (Å²) in [6.45, 7) is 1.90. The number of carbonyl (C=O) groups is 1. The molecule has 2 aromatic rings. The van der Waals surface area contributed by atoms with Gasteiger partial charge in [-0.05, 0) is 42.7 Å². The second kappa shape index (κ2) is 8.40. The number of rotatable bonds is 7. The summed E-state index contributed by atoms with van der Waals surface area (Å²) in [4.78, 5) is 16.0. The monoisotopic (exact) mass is 418 g/mol. The third kappa shape index (κ3) is 4.66. The molecular weight excluding hydrogens is 396 g/mol. The fourth-order valence-electron chi connectivity index (χ4n) is 2.86. The highest BCUT2D eigenvalue weighted by molar-refractivity contribution is 9.10. The van der Waals surface area contributed by atoms with Gasteiger partial charge in [0.15, 0.2) is 11.7 Å². The Balaban J connectivity index is 1.42. The van der Waals surface area contributed by atoms with E-state index in [9.17, 15) is 4.79 Å². The van der Waals surface area contributed by atoms with E-state index < -0.39 is 0 Å². The Morgan fingerprint density at radius 2 is 2.00 bits per heavy atom. The minimum absolute atomic E-state index is 0.189. The van der Waals surface area contributed by atoms with Crippen LogP contribution in [0.15, 0.2) is 56.5 Å². The minimum Gasteiger partial charge on any atom is -0.459 e. The zero-order valence-corrected chi connectivity index (χ0v) is 16.3. The van der Waals surface area contributed by atoms with Gasteiger partial charge >= 0.3 is 0 Å². The lowest BCUT2D eigenvalue weighted by molar-refractivity contribution is 0.0926. The average Bonchev–Trinajstić information content (AvgIpc) is 3.24. The van der Waals surface area contributed by atoms with E-state index in [-0.39, 0.29) is 11.3 Å². The van der Waals surface area contributed by atoms with Crippen LogP contribution < -0.4 is 16.0 Å². The number of hydrogen-bond donors (Lipinski definition) is 3. The van der Waals surface area contributed by atoms with Crippen molar-refractivity contribution in [1.29, 1.82) is 0 Å². The maximum Gasteiger partial charge on any atom is 0.287 e. The first-order valence-electron chi connectivity index (χ1n) is 8.65. The Morgan fingerprint density at radius 3 is 2.65 bits per heavy atom. The fraction of sp³-hybridized carbons (Fsp3) is 0.368. The topological polar surface area (TPSA) is 78.7 Å².